The lowest BCUT2D eigenvalue weighted by Crippen LogP contribution is -2.65. The molecule has 1 aromatic heterocycles. The molecule has 0 bridgehead atoms. The number of nitrogens with one attached hydrogen (secondary N) is 1. The van der Waals surface area contributed by atoms with E-state index in [9.17, 15) is 19.2 Å². The van der Waals surface area contributed by atoms with Crippen molar-refractivity contribution in [3.63, 3.8) is 0 Å². The van der Waals surface area contributed by atoms with Crippen LogP contribution in [0.1, 0.15) is 34.8 Å². The Kier molecular flexibility index (Phi) is 11.8. The standard InChI is InChI=1S/C41H47ClN6O8S2/c1-44-11-13-45(14-12-44)34(49)9-10-35(50)46-15-16-47(31-23-58-57-22-30(31)46)41(52)56-32-19-29-36(27-8-6-5-7-26(27)32)25(20-42)21-48(29)40(51)28-17-24-18-33(53-2)38(54-3)39(55-4)37(24)43-28/h5-8,17-19,25,30-31,43H,9-16,20-23H2,1-4H3/t25-,30+,31-/m1/s1. The molecular formula is C41H47ClN6O8S2. The van der Waals surface area contributed by atoms with Crippen LogP contribution in [-0.4, -0.2) is 152 Å². The number of amides is 4. The van der Waals surface area contributed by atoms with E-state index >= 15 is 0 Å². The fourth-order valence-electron chi connectivity index (χ4n) is 8.68. The maximum atomic E-state index is 14.5. The number of fused-ring (bicyclic) bond motifs is 5. The Morgan fingerprint density at radius 3 is 2.16 bits per heavy atom. The van der Waals surface area contributed by atoms with E-state index in [0.717, 1.165) is 29.4 Å². The predicted molar refractivity (Wildman–Crippen MR) is 227 cm³/mol. The summed E-state index contributed by atoms with van der Waals surface area (Å²) in [7, 11) is 10.00. The van der Waals surface area contributed by atoms with Crippen molar-refractivity contribution in [3.8, 4) is 23.0 Å². The number of benzene rings is 3. The fourth-order valence-corrected chi connectivity index (χ4v) is 11.6. The molecule has 58 heavy (non-hydrogen) atoms. The number of rotatable bonds is 9. The van der Waals surface area contributed by atoms with Gasteiger partial charge in [0.2, 0.25) is 17.6 Å². The van der Waals surface area contributed by atoms with Crippen molar-refractivity contribution in [3.05, 3.63) is 53.7 Å². The van der Waals surface area contributed by atoms with Gasteiger partial charge in [-0.15, -0.1) is 11.6 Å². The molecule has 3 aromatic carbocycles. The van der Waals surface area contributed by atoms with Crippen LogP contribution in [0.25, 0.3) is 21.7 Å². The van der Waals surface area contributed by atoms with Crippen molar-refractivity contribution >= 4 is 84.4 Å². The van der Waals surface area contributed by atoms with Crippen LogP contribution in [-0.2, 0) is 9.59 Å². The zero-order chi connectivity index (χ0) is 40.7. The number of carbonyl (C=O) groups excluding carboxylic acids is 4. The van der Waals surface area contributed by atoms with Crippen LogP contribution in [0.2, 0.25) is 0 Å². The van der Waals surface area contributed by atoms with Gasteiger partial charge in [0, 0.05) is 98.8 Å². The Morgan fingerprint density at radius 2 is 1.47 bits per heavy atom. The number of aromatic nitrogens is 1. The van der Waals surface area contributed by atoms with Crippen LogP contribution < -0.4 is 23.8 Å². The molecule has 8 rings (SSSR count). The third-order valence-electron chi connectivity index (χ3n) is 11.8. The second kappa shape index (κ2) is 17.0. The molecule has 4 aliphatic heterocycles. The fraction of sp³-hybridized carbons (Fsp3) is 0.463. The smallest absolute Gasteiger partial charge is 0.415 e. The van der Waals surface area contributed by atoms with Gasteiger partial charge in [0.05, 0.1) is 44.6 Å². The first-order valence-electron chi connectivity index (χ1n) is 19.4. The SMILES string of the molecule is COc1cc2cc(C(=O)N3C[C@@H](CCl)c4c3cc(OC(=O)N3CCN(C(=O)CCC(=O)N5CCN(C)CC5)[C@H]5CSSC[C@H]53)c3ccccc43)[nH]c2c(OC)c1OC. The van der Waals surface area contributed by atoms with Gasteiger partial charge in [-0.1, -0.05) is 45.9 Å². The molecule has 0 radical (unpaired) electrons. The Balaban J connectivity index is 1.04. The lowest BCUT2D eigenvalue weighted by Gasteiger charge is -2.48. The number of ether oxygens (including phenoxy) is 4. The average molecular weight is 851 g/mol. The minimum Gasteiger partial charge on any atom is -0.493 e. The third-order valence-corrected chi connectivity index (χ3v) is 14.6. The lowest BCUT2D eigenvalue weighted by molar-refractivity contribution is -0.141. The molecular weight excluding hydrogens is 804 g/mol. The first-order valence-corrected chi connectivity index (χ1v) is 22.4. The number of hydrogen-bond acceptors (Lipinski definition) is 11. The van der Waals surface area contributed by atoms with E-state index in [4.69, 9.17) is 30.5 Å². The number of H-pyrrole nitrogens is 1. The summed E-state index contributed by atoms with van der Waals surface area (Å²) in [6, 6.07) is 12.5. The highest BCUT2D eigenvalue weighted by Gasteiger charge is 2.44. The number of alkyl halides is 1. The second-order valence-corrected chi connectivity index (χ2v) is 17.8. The Bertz CT molecular complexity index is 2250. The molecule has 5 heterocycles. The Morgan fingerprint density at radius 1 is 0.793 bits per heavy atom. The minimum absolute atomic E-state index is 0.0101. The number of halogens is 1. The number of carbonyl (C=O) groups is 4. The van der Waals surface area contributed by atoms with E-state index in [0.29, 0.717) is 89.5 Å². The molecule has 4 aliphatic rings. The number of methoxy groups -OCH3 is 3. The number of aromatic amines is 1. The van der Waals surface area contributed by atoms with Crippen LogP contribution in [0.5, 0.6) is 23.0 Å². The van der Waals surface area contributed by atoms with Gasteiger partial charge in [-0.3, -0.25) is 14.4 Å². The van der Waals surface area contributed by atoms with E-state index in [1.165, 1.54) is 14.2 Å². The van der Waals surface area contributed by atoms with Crippen molar-refractivity contribution < 1.29 is 38.1 Å². The second-order valence-electron chi connectivity index (χ2n) is 14.9. The number of nitrogens with zero attached hydrogens (tertiary/aromatic N) is 5. The molecule has 3 atom stereocenters. The van der Waals surface area contributed by atoms with Crippen molar-refractivity contribution in [2.75, 3.05) is 96.5 Å². The summed E-state index contributed by atoms with van der Waals surface area (Å²) in [5.41, 5.74) is 2.44. The van der Waals surface area contributed by atoms with E-state index in [2.05, 4.69) is 9.88 Å². The number of anilines is 1. The average Bonchev–Trinajstić information content (AvgIpc) is 3.86. The van der Waals surface area contributed by atoms with Gasteiger partial charge in [-0.25, -0.2) is 4.79 Å². The van der Waals surface area contributed by atoms with Crippen LogP contribution in [0.15, 0.2) is 42.5 Å². The molecule has 308 valence electrons. The van der Waals surface area contributed by atoms with Gasteiger partial charge in [0.1, 0.15) is 11.4 Å². The molecule has 0 spiro atoms. The summed E-state index contributed by atoms with van der Waals surface area (Å²) in [6.07, 6.45) is -0.192. The van der Waals surface area contributed by atoms with Gasteiger partial charge in [-0.05, 0) is 30.1 Å². The normalized spacial score (nSPS) is 20.9. The highest BCUT2D eigenvalue weighted by atomic mass is 35.5. The molecule has 3 saturated heterocycles. The topological polar surface area (TPSA) is 137 Å². The molecule has 17 heteroatoms. The van der Waals surface area contributed by atoms with Crippen LogP contribution in [0.4, 0.5) is 10.5 Å². The quantitative estimate of drug-likeness (QED) is 0.165. The molecule has 0 saturated carbocycles. The summed E-state index contributed by atoms with van der Waals surface area (Å²) in [5.74, 6) is 2.67. The van der Waals surface area contributed by atoms with Crippen molar-refractivity contribution in [1.82, 2.24) is 24.6 Å². The predicted octanol–water partition coefficient (Wildman–Crippen LogP) is 5.66. The Labute approximate surface area is 349 Å². The van der Waals surface area contributed by atoms with Gasteiger partial charge < -0.3 is 48.4 Å². The van der Waals surface area contributed by atoms with E-state index in [1.54, 1.807) is 56.7 Å². The molecule has 4 amide bonds. The molecule has 0 unspecified atom stereocenters. The molecule has 14 nitrogen and oxygen atoms in total. The van der Waals surface area contributed by atoms with Gasteiger partial charge >= 0.3 is 6.09 Å². The monoisotopic (exact) mass is 850 g/mol. The maximum Gasteiger partial charge on any atom is 0.415 e. The van der Waals surface area contributed by atoms with Gasteiger partial charge in [-0.2, -0.15) is 0 Å². The first kappa shape index (κ1) is 40.3. The largest absolute Gasteiger partial charge is 0.493 e. The van der Waals surface area contributed by atoms with Gasteiger partial charge in [0.25, 0.3) is 5.91 Å². The van der Waals surface area contributed by atoms with E-state index < -0.39 is 6.09 Å². The van der Waals surface area contributed by atoms with E-state index in [-0.39, 0.29) is 54.4 Å². The summed E-state index contributed by atoms with van der Waals surface area (Å²) >= 11 is 6.59. The van der Waals surface area contributed by atoms with Crippen molar-refractivity contribution in [2.45, 2.75) is 30.8 Å². The van der Waals surface area contributed by atoms with Crippen LogP contribution >= 0.6 is 33.2 Å². The van der Waals surface area contributed by atoms with Gasteiger partial charge in [0.15, 0.2) is 11.5 Å². The lowest BCUT2D eigenvalue weighted by atomic mass is 9.95. The molecule has 3 fully saturated rings. The highest BCUT2D eigenvalue weighted by Crippen LogP contribution is 2.48. The summed E-state index contributed by atoms with van der Waals surface area (Å²) < 4.78 is 23.1. The summed E-state index contributed by atoms with van der Waals surface area (Å²) in [6.45, 7) is 3.98. The summed E-state index contributed by atoms with van der Waals surface area (Å²) in [4.78, 5) is 67.9. The van der Waals surface area contributed by atoms with E-state index in [1.807, 2.05) is 41.1 Å². The molecule has 1 N–H and O–H groups in total. The van der Waals surface area contributed by atoms with Crippen molar-refractivity contribution in [2.24, 2.45) is 0 Å². The van der Waals surface area contributed by atoms with Crippen LogP contribution in [0, 0.1) is 0 Å². The highest BCUT2D eigenvalue weighted by molar-refractivity contribution is 8.76. The first-order chi connectivity index (χ1) is 28.1. The zero-order valence-electron chi connectivity index (χ0n) is 33.0. The van der Waals surface area contributed by atoms with Crippen molar-refractivity contribution in [1.29, 1.82) is 0 Å². The summed E-state index contributed by atoms with van der Waals surface area (Å²) in [5, 5.41) is 2.29. The number of likely N-dealkylation sites (N-methyl/N-ethyl adjacent to an activating group) is 1. The third kappa shape index (κ3) is 7.37. The minimum atomic E-state index is -0.514. The number of piperazine rings is 2. The Hall–Kier alpha value is -4.51. The molecule has 4 aromatic rings. The maximum absolute atomic E-state index is 14.5. The molecule has 0 aliphatic carbocycles. The zero-order valence-corrected chi connectivity index (χ0v) is 35.3. The number of hydrogen-bond donors (Lipinski definition) is 1. The van der Waals surface area contributed by atoms with Crippen LogP contribution in [0.3, 0.4) is 0 Å².